The van der Waals surface area contributed by atoms with E-state index in [1.54, 1.807) is 0 Å². The Labute approximate surface area is 373 Å². The van der Waals surface area contributed by atoms with Crippen LogP contribution in [0.25, 0.3) is 77.4 Å². The first-order valence-corrected chi connectivity index (χ1v) is 24.4. The van der Waals surface area contributed by atoms with Crippen LogP contribution in [0.1, 0.15) is 22.3 Å². The van der Waals surface area contributed by atoms with Crippen molar-refractivity contribution < 1.29 is 0 Å². The van der Waals surface area contributed by atoms with Gasteiger partial charge in [-0.2, -0.15) is 0 Å². The van der Waals surface area contributed by atoms with Gasteiger partial charge in [-0.15, -0.1) is 0 Å². The summed E-state index contributed by atoms with van der Waals surface area (Å²) in [4.78, 5) is 5.54. The van der Waals surface area contributed by atoms with Gasteiger partial charge in [0, 0.05) is 21.7 Å². The molecule has 296 valence electrons. The van der Waals surface area contributed by atoms with E-state index in [2.05, 4.69) is 237 Å². The molecule has 2 aliphatic carbocycles. The number of fused-ring (bicyclic) bond motifs is 17. The molecule has 0 N–H and O–H groups in total. The fourth-order valence-electron chi connectivity index (χ4n) is 12.3. The lowest BCUT2D eigenvalue weighted by molar-refractivity contribution is 0.794. The van der Waals surface area contributed by atoms with E-state index in [4.69, 9.17) is 4.98 Å². The van der Waals surface area contributed by atoms with Crippen LogP contribution in [0, 0.1) is 0 Å². The minimum atomic E-state index is -2.64. The smallest absolute Gasteiger partial charge is 0.180 e. The molecule has 3 aliphatic rings. The molecule has 0 fully saturated rings. The molecule has 0 atom stereocenters. The average Bonchev–Trinajstić information content (AvgIpc) is 3.97. The van der Waals surface area contributed by atoms with Crippen molar-refractivity contribution in [1.29, 1.82) is 0 Å². The fourth-order valence-corrected chi connectivity index (χ4v) is 17.5. The molecule has 1 spiro atoms. The molecule has 1 aromatic heterocycles. The highest BCUT2D eigenvalue weighted by atomic mass is 28.3. The Balaban J connectivity index is 0.999. The largest absolute Gasteiger partial charge is 0.247 e. The molecule has 14 rings (SSSR count). The molecule has 64 heavy (non-hydrogen) atoms. The van der Waals surface area contributed by atoms with E-state index < -0.39 is 13.5 Å². The van der Waals surface area contributed by atoms with Crippen LogP contribution in [0.5, 0.6) is 0 Å². The lowest BCUT2D eigenvalue weighted by Gasteiger charge is -2.31. The molecule has 0 radical (unpaired) electrons. The maximum atomic E-state index is 5.54. The zero-order valence-corrected chi connectivity index (χ0v) is 36.0. The minimum Gasteiger partial charge on any atom is -0.247 e. The van der Waals surface area contributed by atoms with Gasteiger partial charge in [0.15, 0.2) is 8.07 Å². The molecule has 0 saturated carbocycles. The summed E-state index contributed by atoms with van der Waals surface area (Å²) in [5.74, 6) is 0. The summed E-state index contributed by atoms with van der Waals surface area (Å²) in [5.41, 5.74) is 18.5. The Bertz CT molecular complexity index is 3650. The monoisotopic (exact) mass is 825 g/mol. The van der Waals surface area contributed by atoms with Crippen molar-refractivity contribution in [3.8, 4) is 55.8 Å². The maximum Gasteiger partial charge on any atom is 0.180 e. The Morgan fingerprint density at radius 1 is 0.328 bits per heavy atom. The molecular formula is C62H39NSi. The van der Waals surface area contributed by atoms with Gasteiger partial charge >= 0.3 is 0 Å². The van der Waals surface area contributed by atoms with Gasteiger partial charge in [0.05, 0.1) is 16.6 Å². The number of rotatable bonds is 4. The van der Waals surface area contributed by atoms with Crippen LogP contribution in [0.3, 0.4) is 0 Å². The van der Waals surface area contributed by atoms with Crippen molar-refractivity contribution in [3.63, 3.8) is 0 Å². The summed E-state index contributed by atoms with van der Waals surface area (Å²) in [6, 6.07) is 88.9. The second-order valence-corrected chi connectivity index (χ2v) is 21.4. The predicted molar refractivity (Wildman–Crippen MR) is 269 cm³/mol. The van der Waals surface area contributed by atoms with E-state index in [1.807, 2.05) is 0 Å². The molecule has 1 nitrogen and oxygen atoms in total. The SMILES string of the molecule is c1ccc([Si]2(c3ccccc3)c3ccccc3-c3ccc(-c4cccc(-c5nc6ccccc6c6c7c(ccc56)C5(c6ccccc6-c6ccccc65)c5ccccc5-7)c4)cc32)cc1. The first-order chi connectivity index (χ1) is 31.8. The Hall–Kier alpha value is -7.91. The van der Waals surface area contributed by atoms with Crippen molar-refractivity contribution in [2.24, 2.45) is 0 Å². The Morgan fingerprint density at radius 3 is 1.59 bits per heavy atom. The highest BCUT2D eigenvalue weighted by Crippen LogP contribution is 2.64. The molecule has 2 heteroatoms. The summed E-state index contributed by atoms with van der Waals surface area (Å²) >= 11 is 0. The van der Waals surface area contributed by atoms with Gasteiger partial charge in [0.2, 0.25) is 0 Å². The number of benzene rings is 10. The number of hydrogen-bond acceptors (Lipinski definition) is 1. The number of pyridine rings is 1. The standard InChI is InChI=1S/C62H39NSi/c1-3-20-43(21-4-1)64(44-22-5-2-6-23-44)57-33-16-11-26-47(57)48-35-34-41(39-58(48)64)40-18-17-19-42(38-40)61-51-36-37-55-60(59(51)50-28-10-15-32-56(50)63-61)49-27-9-14-31-54(49)62(55)52-29-12-7-24-45(52)46-25-8-13-30-53(46)62/h1-39H. The van der Waals surface area contributed by atoms with E-state index in [1.165, 1.54) is 104 Å². The van der Waals surface area contributed by atoms with E-state index >= 15 is 0 Å². The van der Waals surface area contributed by atoms with Crippen molar-refractivity contribution in [2.75, 3.05) is 0 Å². The molecule has 0 unspecified atom stereocenters. The summed E-state index contributed by atoms with van der Waals surface area (Å²) in [5, 5.41) is 9.34. The number of nitrogens with zero attached hydrogens (tertiary/aromatic N) is 1. The van der Waals surface area contributed by atoms with Gasteiger partial charge < -0.3 is 0 Å². The minimum absolute atomic E-state index is 0.414. The molecule has 0 amide bonds. The normalized spacial score (nSPS) is 14.2. The Kier molecular flexibility index (Phi) is 7.41. The lowest BCUT2D eigenvalue weighted by Crippen LogP contribution is -2.72. The first kappa shape index (κ1) is 35.7. The van der Waals surface area contributed by atoms with Gasteiger partial charge in [0.1, 0.15) is 0 Å². The number of hydrogen-bond donors (Lipinski definition) is 0. The molecular weight excluding hydrogens is 787 g/mol. The van der Waals surface area contributed by atoms with Crippen molar-refractivity contribution >= 4 is 50.5 Å². The van der Waals surface area contributed by atoms with Crippen LogP contribution in [-0.2, 0) is 5.41 Å². The zero-order chi connectivity index (χ0) is 42.0. The van der Waals surface area contributed by atoms with Gasteiger partial charge in [-0.25, -0.2) is 4.98 Å². The van der Waals surface area contributed by atoms with Crippen LogP contribution in [0.4, 0.5) is 0 Å². The molecule has 1 aliphatic heterocycles. The molecule has 2 heterocycles. The van der Waals surface area contributed by atoms with Crippen molar-refractivity contribution in [1.82, 2.24) is 4.98 Å². The van der Waals surface area contributed by atoms with Crippen LogP contribution in [0.15, 0.2) is 237 Å². The van der Waals surface area contributed by atoms with Gasteiger partial charge in [-0.1, -0.05) is 224 Å². The molecule has 0 saturated heterocycles. The fraction of sp³-hybridized carbons (Fsp3) is 0.0161. The van der Waals surface area contributed by atoms with Crippen LogP contribution in [0.2, 0.25) is 0 Å². The van der Waals surface area contributed by atoms with Gasteiger partial charge in [-0.3, -0.25) is 0 Å². The third-order valence-electron chi connectivity index (χ3n) is 14.8. The second-order valence-electron chi connectivity index (χ2n) is 17.6. The van der Waals surface area contributed by atoms with Crippen molar-refractivity contribution in [3.05, 3.63) is 259 Å². The molecule has 11 aromatic rings. The summed E-state index contributed by atoms with van der Waals surface area (Å²) < 4.78 is 0. The Morgan fingerprint density at radius 2 is 0.875 bits per heavy atom. The highest BCUT2D eigenvalue weighted by Gasteiger charge is 2.52. The van der Waals surface area contributed by atoms with Crippen LogP contribution in [-0.4, -0.2) is 13.1 Å². The van der Waals surface area contributed by atoms with Gasteiger partial charge in [-0.05, 0) is 99.6 Å². The van der Waals surface area contributed by atoms with Crippen LogP contribution >= 0.6 is 0 Å². The van der Waals surface area contributed by atoms with E-state index in [0.717, 1.165) is 16.8 Å². The highest BCUT2D eigenvalue weighted by molar-refractivity contribution is 7.22. The predicted octanol–water partition coefficient (Wildman–Crippen LogP) is 12.4. The quantitative estimate of drug-likeness (QED) is 0.127. The van der Waals surface area contributed by atoms with Crippen molar-refractivity contribution in [2.45, 2.75) is 5.41 Å². The molecule has 0 bridgehead atoms. The lowest BCUT2D eigenvalue weighted by atomic mass is 9.70. The van der Waals surface area contributed by atoms with E-state index in [0.29, 0.717) is 0 Å². The zero-order valence-electron chi connectivity index (χ0n) is 35.0. The van der Waals surface area contributed by atoms with E-state index in [9.17, 15) is 0 Å². The summed E-state index contributed by atoms with van der Waals surface area (Å²) in [6.07, 6.45) is 0. The van der Waals surface area contributed by atoms with Gasteiger partial charge in [0.25, 0.3) is 0 Å². The third kappa shape index (κ3) is 4.55. The summed E-state index contributed by atoms with van der Waals surface area (Å²) in [6.45, 7) is 0. The second kappa shape index (κ2) is 13.3. The summed E-state index contributed by atoms with van der Waals surface area (Å²) in [7, 11) is -2.64. The third-order valence-corrected chi connectivity index (χ3v) is 19.6. The number of para-hydroxylation sites is 1. The average molecular weight is 826 g/mol. The molecule has 10 aromatic carbocycles. The maximum absolute atomic E-state index is 5.54. The first-order valence-electron chi connectivity index (χ1n) is 22.4. The number of aromatic nitrogens is 1. The van der Waals surface area contributed by atoms with E-state index in [-0.39, 0.29) is 0 Å². The van der Waals surface area contributed by atoms with Crippen LogP contribution < -0.4 is 20.7 Å². The topological polar surface area (TPSA) is 12.9 Å².